The van der Waals surface area contributed by atoms with Gasteiger partial charge in [0, 0.05) is 35.9 Å². The molecule has 0 aliphatic heterocycles. The maximum atomic E-state index is 12.2. The van der Waals surface area contributed by atoms with E-state index < -0.39 is 0 Å². The number of hydrogen-bond donors (Lipinski definition) is 2. The highest BCUT2D eigenvalue weighted by molar-refractivity contribution is 6.32. The Hall–Kier alpha value is -3.36. The van der Waals surface area contributed by atoms with Crippen molar-refractivity contribution in [3.63, 3.8) is 0 Å². The van der Waals surface area contributed by atoms with Crippen LogP contribution in [0.1, 0.15) is 21.5 Å². The van der Waals surface area contributed by atoms with Gasteiger partial charge in [-0.3, -0.25) is 9.78 Å². The normalized spacial score (nSPS) is 10.0. The minimum atomic E-state index is -0.184. The summed E-state index contributed by atoms with van der Waals surface area (Å²) in [5, 5.41) is 15.4. The highest BCUT2D eigenvalue weighted by Crippen LogP contribution is 2.21. The van der Waals surface area contributed by atoms with E-state index in [9.17, 15) is 4.79 Å². The summed E-state index contributed by atoms with van der Waals surface area (Å²) in [5.41, 5.74) is 3.52. The molecule has 0 saturated heterocycles. The average molecular weight is 363 g/mol. The Morgan fingerprint density at radius 1 is 1.08 bits per heavy atom. The number of carbonyl (C=O) groups excluding carboxylic acids is 1. The zero-order valence-corrected chi connectivity index (χ0v) is 14.5. The molecule has 2 N–H and O–H groups in total. The van der Waals surface area contributed by atoms with Crippen LogP contribution in [-0.4, -0.2) is 10.9 Å². The molecule has 0 radical (unpaired) electrons. The zero-order chi connectivity index (χ0) is 18.4. The summed E-state index contributed by atoms with van der Waals surface area (Å²) in [6.45, 7) is 0.557. The fourth-order valence-electron chi connectivity index (χ4n) is 2.39. The number of rotatable bonds is 5. The summed E-state index contributed by atoms with van der Waals surface area (Å²) in [4.78, 5) is 16.1. The summed E-state index contributed by atoms with van der Waals surface area (Å²) >= 11 is 6.04. The topological polar surface area (TPSA) is 77.8 Å². The Morgan fingerprint density at radius 3 is 2.62 bits per heavy atom. The van der Waals surface area contributed by atoms with Crippen molar-refractivity contribution in [1.29, 1.82) is 5.26 Å². The van der Waals surface area contributed by atoms with Gasteiger partial charge in [0.25, 0.3) is 5.91 Å². The number of nitriles is 1. The molecule has 3 rings (SSSR count). The van der Waals surface area contributed by atoms with Crippen molar-refractivity contribution in [2.24, 2.45) is 0 Å². The van der Waals surface area contributed by atoms with Crippen LogP contribution in [-0.2, 0) is 6.54 Å². The number of aromatic nitrogens is 1. The molecule has 128 valence electrons. The summed E-state index contributed by atoms with van der Waals surface area (Å²) < 4.78 is 0. The molecule has 0 atom stereocenters. The molecule has 1 heterocycles. The third-order valence-corrected chi connectivity index (χ3v) is 4.03. The molecule has 0 aliphatic carbocycles. The predicted molar refractivity (Wildman–Crippen MR) is 102 cm³/mol. The van der Waals surface area contributed by atoms with Crippen molar-refractivity contribution >= 4 is 28.9 Å². The number of benzene rings is 2. The fourth-order valence-corrected chi connectivity index (χ4v) is 2.61. The molecule has 5 nitrogen and oxygen atoms in total. The van der Waals surface area contributed by atoms with Crippen LogP contribution in [0.25, 0.3) is 0 Å². The van der Waals surface area contributed by atoms with Crippen LogP contribution < -0.4 is 10.6 Å². The Kier molecular flexibility index (Phi) is 5.47. The predicted octanol–water partition coefficient (Wildman–Crippen LogP) is 4.47. The van der Waals surface area contributed by atoms with E-state index in [1.807, 2.05) is 30.3 Å². The van der Waals surface area contributed by atoms with Gasteiger partial charge in [-0.15, -0.1) is 0 Å². The number of amides is 1. The number of nitrogens with zero attached hydrogens (tertiary/aromatic N) is 2. The number of nitrogens with one attached hydrogen (secondary N) is 2. The van der Waals surface area contributed by atoms with Crippen LogP contribution in [0, 0.1) is 11.3 Å². The summed E-state index contributed by atoms with van der Waals surface area (Å²) in [6.07, 6.45) is 3.16. The van der Waals surface area contributed by atoms with Gasteiger partial charge < -0.3 is 10.6 Å². The maximum absolute atomic E-state index is 12.2. The smallest absolute Gasteiger partial charge is 0.255 e. The number of halogens is 1. The molecule has 1 amide bonds. The first-order chi connectivity index (χ1) is 12.7. The SMILES string of the molecule is N#Cc1ccc(NCc2cccc(NC(=O)c3ccncc3)c2)cc1Cl. The summed E-state index contributed by atoms with van der Waals surface area (Å²) in [7, 11) is 0. The van der Waals surface area contributed by atoms with Crippen LogP contribution in [0.4, 0.5) is 11.4 Å². The number of anilines is 2. The molecule has 26 heavy (non-hydrogen) atoms. The zero-order valence-electron chi connectivity index (χ0n) is 13.7. The summed E-state index contributed by atoms with van der Waals surface area (Å²) in [6, 6.07) is 18.1. The Morgan fingerprint density at radius 2 is 1.88 bits per heavy atom. The van der Waals surface area contributed by atoms with Gasteiger partial charge >= 0.3 is 0 Å². The first-order valence-electron chi connectivity index (χ1n) is 7.89. The summed E-state index contributed by atoms with van der Waals surface area (Å²) in [5.74, 6) is -0.184. The van der Waals surface area contributed by atoms with Gasteiger partial charge in [0.2, 0.25) is 0 Å². The van der Waals surface area contributed by atoms with E-state index in [1.165, 1.54) is 0 Å². The van der Waals surface area contributed by atoms with E-state index in [0.717, 1.165) is 11.3 Å². The lowest BCUT2D eigenvalue weighted by Crippen LogP contribution is -2.12. The fraction of sp³-hybridized carbons (Fsp3) is 0.0500. The molecular weight excluding hydrogens is 348 g/mol. The molecule has 0 saturated carbocycles. The second-order valence-electron chi connectivity index (χ2n) is 5.55. The maximum Gasteiger partial charge on any atom is 0.255 e. The standard InChI is InChI=1S/C20H15ClN4O/c21-19-11-17(5-4-16(19)12-22)24-13-14-2-1-3-18(10-14)25-20(26)15-6-8-23-9-7-15/h1-11,24H,13H2,(H,25,26). The monoisotopic (exact) mass is 362 g/mol. The van der Waals surface area contributed by atoms with Crippen LogP contribution in [0.2, 0.25) is 5.02 Å². The van der Waals surface area contributed by atoms with Gasteiger partial charge in [-0.05, 0) is 48.0 Å². The van der Waals surface area contributed by atoms with Crippen LogP contribution >= 0.6 is 11.6 Å². The van der Waals surface area contributed by atoms with E-state index in [4.69, 9.17) is 16.9 Å². The highest BCUT2D eigenvalue weighted by Gasteiger charge is 2.06. The van der Waals surface area contributed by atoms with Crippen LogP contribution in [0.5, 0.6) is 0 Å². The average Bonchev–Trinajstić information content (AvgIpc) is 2.67. The van der Waals surface area contributed by atoms with Crippen molar-refractivity contribution in [3.05, 3.63) is 88.7 Å². The third-order valence-electron chi connectivity index (χ3n) is 3.71. The van der Waals surface area contributed by atoms with Gasteiger partial charge in [-0.2, -0.15) is 5.26 Å². The molecule has 1 aromatic heterocycles. The van der Waals surface area contributed by atoms with Gasteiger partial charge in [-0.1, -0.05) is 23.7 Å². The molecule has 3 aromatic rings. The highest BCUT2D eigenvalue weighted by atomic mass is 35.5. The molecule has 0 bridgehead atoms. The van der Waals surface area contributed by atoms with E-state index in [1.54, 1.807) is 42.7 Å². The van der Waals surface area contributed by atoms with Crippen molar-refractivity contribution in [2.45, 2.75) is 6.54 Å². The molecule has 2 aromatic carbocycles. The quantitative estimate of drug-likeness (QED) is 0.701. The van der Waals surface area contributed by atoms with Gasteiger partial charge in [0.05, 0.1) is 10.6 Å². The molecule has 0 spiro atoms. The van der Waals surface area contributed by atoms with Crippen molar-refractivity contribution < 1.29 is 4.79 Å². The van der Waals surface area contributed by atoms with Crippen molar-refractivity contribution in [2.75, 3.05) is 10.6 Å². The second kappa shape index (κ2) is 8.15. The molecule has 0 fully saturated rings. The lowest BCUT2D eigenvalue weighted by Gasteiger charge is -2.10. The van der Waals surface area contributed by atoms with Crippen molar-refractivity contribution in [1.82, 2.24) is 4.98 Å². The lowest BCUT2D eigenvalue weighted by atomic mass is 10.1. The Bertz CT molecular complexity index is 967. The number of pyridine rings is 1. The first-order valence-corrected chi connectivity index (χ1v) is 8.27. The minimum Gasteiger partial charge on any atom is -0.381 e. The van der Waals surface area contributed by atoms with Gasteiger partial charge in [-0.25, -0.2) is 0 Å². The van der Waals surface area contributed by atoms with E-state index in [2.05, 4.69) is 15.6 Å². The number of hydrogen-bond acceptors (Lipinski definition) is 4. The van der Waals surface area contributed by atoms with Crippen molar-refractivity contribution in [3.8, 4) is 6.07 Å². The van der Waals surface area contributed by atoms with Gasteiger partial charge in [0.15, 0.2) is 0 Å². The van der Waals surface area contributed by atoms with Crippen LogP contribution in [0.3, 0.4) is 0 Å². The Balaban J connectivity index is 1.65. The first kappa shape index (κ1) is 17.5. The van der Waals surface area contributed by atoms with Crippen LogP contribution in [0.15, 0.2) is 67.0 Å². The lowest BCUT2D eigenvalue weighted by molar-refractivity contribution is 0.102. The minimum absolute atomic E-state index is 0.184. The molecule has 0 unspecified atom stereocenters. The number of carbonyl (C=O) groups is 1. The largest absolute Gasteiger partial charge is 0.381 e. The third kappa shape index (κ3) is 4.38. The van der Waals surface area contributed by atoms with E-state index in [0.29, 0.717) is 28.4 Å². The second-order valence-corrected chi connectivity index (χ2v) is 5.96. The molecule has 6 heteroatoms. The van der Waals surface area contributed by atoms with E-state index in [-0.39, 0.29) is 5.91 Å². The van der Waals surface area contributed by atoms with E-state index >= 15 is 0 Å². The Labute approximate surface area is 156 Å². The molecule has 0 aliphatic rings. The van der Waals surface area contributed by atoms with Gasteiger partial charge in [0.1, 0.15) is 6.07 Å². The molecular formula is C20H15ClN4O.